The van der Waals surface area contributed by atoms with Crippen LogP contribution in [0, 0.1) is 0 Å². The molecule has 2 aromatic carbocycles. The van der Waals surface area contributed by atoms with Crippen LogP contribution in [-0.2, 0) is 20.2 Å². The van der Waals surface area contributed by atoms with E-state index < -0.39 is 16.1 Å². The molecule has 30 heavy (non-hydrogen) atoms. The molecule has 2 atom stereocenters. The van der Waals surface area contributed by atoms with Crippen molar-refractivity contribution in [1.82, 2.24) is 5.32 Å². The van der Waals surface area contributed by atoms with Crippen LogP contribution in [0.5, 0.6) is 5.75 Å². The van der Waals surface area contributed by atoms with Gasteiger partial charge in [0.2, 0.25) is 15.9 Å². The predicted molar refractivity (Wildman–Crippen MR) is 121 cm³/mol. The third-order valence-corrected chi connectivity index (χ3v) is 6.27. The highest BCUT2D eigenvalue weighted by Gasteiger charge is 2.30. The summed E-state index contributed by atoms with van der Waals surface area (Å²) in [5.41, 5.74) is 2.59. The highest BCUT2D eigenvalue weighted by atomic mass is 32.2. The molecular formula is C23H32N2O4S. The van der Waals surface area contributed by atoms with E-state index in [1.807, 2.05) is 19.1 Å². The summed E-state index contributed by atoms with van der Waals surface area (Å²) in [5, 5.41) is 2.93. The summed E-state index contributed by atoms with van der Waals surface area (Å²) in [4.78, 5) is 12.9. The lowest BCUT2D eigenvalue weighted by Crippen LogP contribution is -2.48. The van der Waals surface area contributed by atoms with Gasteiger partial charge in [-0.1, -0.05) is 51.1 Å². The number of rotatable bonds is 7. The quantitative estimate of drug-likeness (QED) is 0.717. The van der Waals surface area contributed by atoms with E-state index in [-0.39, 0.29) is 17.4 Å². The number of methoxy groups -OCH3 is 1. The first-order valence-electron chi connectivity index (χ1n) is 9.89. The maximum atomic E-state index is 12.9. The first-order valence-corrected chi connectivity index (χ1v) is 11.7. The Morgan fingerprint density at radius 3 is 2.17 bits per heavy atom. The molecule has 0 aliphatic heterocycles. The molecule has 1 amide bonds. The number of amides is 1. The van der Waals surface area contributed by atoms with Crippen LogP contribution < -0.4 is 14.4 Å². The van der Waals surface area contributed by atoms with E-state index in [4.69, 9.17) is 4.74 Å². The van der Waals surface area contributed by atoms with Crippen LogP contribution in [0.25, 0.3) is 0 Å². The maximum Gasteiger partial charge on any atom is 0.244 e. The largest absolute Gasteiger partial charge is 0.497 e. The van der Waals surface area contributed by atoms with Crippen molar-refractivity contribution in [2.75, 3.05) is 17.7 Å². The number of nitrogens with one attached hydrogen (secondary N) is 1. The van der Waals surface area contributed by atoms with E-state index >= 15 is 0 Å². The zero-order valence-electron chi connectivity index (χ0n) is 18.8. The van der Waals surface area contributed by atoms with Crippen LogP contribution in [0.3, 0.4) is 0 Å². The molecule has 0 bridgehead atoms. The summed E-state index contributed by atoms with van der Waals surface area (Å²) in [6.07, 6.45) is 1.09. The monoisotopic (exact) mass is 432 g/mol. The molecule has 0 heterocycles. The minimum absolute atomic E-state index is 0.0479. The van der Waals surface area contributed by atoms with Crippen molar-refractivity contribution in [3.63, 3.8) is 0 Å². The minimum atomic E-state index is -3.69. The Bertz CT molecular complexity index is 979. The molecule has 1 N–H and O–H groups in total. The first-order chi connectivity index (χ1) is 13.8. The van der Waals surface area contributed by atoms with E-state index in [1.165, 1.54) is 12.7 Å². The Labute approximate surface area is 180 Å². The Morgan fingerprint density at radius 1 is 1.07 bits per heavy atom. The molecule has 164 valence electrons. The van der Waals surface area contributed by atoms with Crippen LogP contribution in [0.4, 0.5) is 5.69 Å². The molecule has 0 spiro atoms. The topological polar surface area (TPSA) is 75.7 Å². The second-order valence-electron chi connectivity index (χ2n) is 8.54. The average molecular weight is 433 g/mol. The molecule has 7 heteroatoms. The van der Waals surface area contributed by atoms with Gasteiger partial charge >= 0.3 is 0 Å². The van der Waals surface area contributed by atoms with E-state index in [2.05, 4.69) is 38.2 Å². The highest BCUT2D eigenvalue weighted by molar-refractivity contribution is 7.92. The molecular weight excluding hydrogens is 400 g/mol. The fourth-order valence-electron chi connectivity index (χ4n) is 3.25. The molecule has 0 saturated carbocycles. The summed E-state index contributed by atoms with van der Waals surface area (Å²) in [7, 11) is -2.19. The van der Waals surface area contributed by atoms with Gasteiger partial charge in [0, 0.05) is 6.07 Å². The van der Waals surface area contributed by atoms with Crippen molar-refractivity contribution in [3.05, 3.63) is 59.7 Å². The summed E-state index contributed by atoms with van der Waals surface area (Å²) in [5.74, 6) is 0.136. The van der Waals surface area contributed by atoms with Crippen LogP contribution in [0.2, 0.25) is 0 Å². The average Bonchev–Trinajstić information content (AvgIpc) is 2.66. The Kier molecular flexibility index (Phi) is 7.18. The van der Waals surface area contributed by atoms with Crippen LogP contribution in [0.1, 0.15) is 51.8 Å². The van der Waals surface area contributed by atoms with Crippen molar-refractivity contribution in [3.8, 4) is 5.75 Å². The van der Waals surface area contributed by atoms with E-state index in [0.29, 0.717) is 11.4 Å². The second-order valence-corrected chi connectivity index (χ2v) is 10.4. The SMILES string of the molecule is COc1cccc(N([C@H](C)C(=O)N[C@H](C)c2ccc(C(C)(C)C)cc2)S(C)(=O)=O)c1. The van der Waals surface area contributed by atoms with Crippen molar-refractivity contribution >= 4 is 21.6 Å². The number of anilines is 1. The summed E-state index contributed by atoms with van der Waals surface area (Å²) >= 11 is 0. The maximum absolute atomic E-state index is 12.9. The van der Waals surface area contributed by atoms with Gasteiger partial charge in [0.25, 0.3) is 0 Å². The lowest BCUT2D eigenvalue weighted by atomic mass is 9.86. The number of sulfonamides is 1. The number of carbonyl (C=O) groups excluding carboxylic acids is 1. The molecule has 2 aromatic rings. The van der Waals surface area contributed by atoms with Gasteiger partial charge in [0.1, 0.15) is 11.8 Å². The van der Waals surface area contributed by atoms with Crippen LogP contribution >= 0.6 is 0 Å². The molecule has 2 rings (SSSR count). The Hall–Kier alpha value is -2.54. The van der Waals surface area contributed by atoms with Gasteiger partial charge in [-0.2, -0.15) is 0 Å². The third-order valence-electron chi connectivity index (χ3n) is 5.03. The van der Waals surface area contributed by atoms with Crippen LogP contribution in [-0.4, -0.2) is 33.7 Å². The standard InChI is InChI=1S/C23H32N2O4S/c1-16(18-11-13-19(14-12-18)23(3,4)5)24-22(26)17(2)25(30(7,27)28)20-9-8-10-21(15-20)29-6/h8-17H,1-7H3,(H,24,26)/t16-,17-/m1/s1. The van der Waals surface area contributed by atoms with Crippen molar-refractivity contribution < 1.29 is 17.9 Å². The highest BCUT2D eigenvalue weighted by Crippen LogP contribution is 2.26. The molecule has 0 radical (unpaired) electrons. The van der Waals surface area contributed by atoms with Gasteiger partial charge in [0.15, 0.2) is 0 Å². The summed E-state index contributed by atoms with van der Waals surface area (Å²) in [6, 6.07) is 13.6. The Balaban J connectivity index is 2.22. The van der Waals surface area contributed by atoms with Gasteiger partial charge in [-0.3, -0.25) is 9.10 Å². The first kappa shape index (κ1) is 23.7. The number of nitrogens with zero attached hydrogens (tertiary/aromatic N) is 1. The zero-order valence-corrected chi connectivity index (χ0v) is 19.6. The number of benzene rings is 2. The second kappa shape index (κ2) is 9.08. The molecule has 0 saturated heterocycles. The van der Waals surface area contributed by atoms with Crippen molar-refractivity contribution in [1.29, 1.82) is 0 Å². The van der Waals surface area contributed by atoms with Crippen molar-refractivity contribution in [2.24, 2.45) is 0 Å². The van der Waals surface area contributed by atoms with Gasteiger partial charge in [-0.25, -0.2) is 8.42 Å². The molecule has 0 aromatic heterocycles. The summed E-state index contributed by atoms with van der Waals surface area (Å²) in [6.45, 7) is 9.89. The lowest BCUT2D eigenvalue weighted by Gasteiger charge is -2.29. The summed E-state index contributed by atoms with van der Waals surface area (Å²) < 4.78 is 31.2. The lowest BCUT2D eigenvalue weighted by molar-refractivity contribution is -0.122. The zero-order chi connectivity index (χ0) is 22.7. The van der Waals surface area contributed by atoms with Crippen molar-refractivity contribution in [2.45, 2.75) is 52.1 Å². The number of hydrogen-bond acceptors (Lipinski definition) is 4. The fourth-order valence-corrected chi connectivity index (χ4v) is 4.41. The Morgan fingerprint density at radius 2 is 1.67 bits per heavy atom. The molecule has 0 aliphatic carbocycles. The number of carbonyl (C=O) groups is 1. The normalized spacial score (nSPS) is 14.0. The molecule has 0 unspecified atom stereocenters. The van der Waals surface area contributed by atoms with E-state index in [0.717, 1.165) is 16.1 Å². The molecule has 0 fully saturated rings. The number of ether oxygens (including phenoxy) is 1. The number of hydrogen-bond donors (Lipinski definition) is 1. The van der Waals surface area contributed by atoms with Gasteiger partial charge in [0.05, 0.1) is 25.1 Å². The van der Waals surface area contributed by atoms with E-state index in [1.54, 1.807) is 31.2 Å². The molecule has 0 aliphatic rings. The third kappa shape index (κ3) is 5.75. The van der Waals surface area contributed by atoms with Gasteiger partial charge < -0.3 is 10.1 Å². The predicted octanol–water partition coefficient (Wildman–Crippen LogP) is 4.02. The minimum Gasteiger partial charge on any atom is -0.497 e. The van der Waals surface area contributed by atoms with Crippen LogP contribution in [0.15, 0.2) is 48.5 Å². The van der Waals surface area contributed by atoms with E-state index in [9.17, 15) is 13.2 Å². The van der Waals surface area contributed by atoms with Gasteiger partial charge in [-0.05, 0) is 42.5 Å². The smallest absolute Gasteiger partial charge is 0.244 e. The molecule has 6 nitrogen and oxygen atoms in total. The van der Waals surface area contributed by atoms with Gasteiger partial charge in [-0.15, -0.1) is 0 Å². The fraction of sp³-hybridized carbons (Fsp3) is 0.435.